The van der Waals surface area contributed by atoms with Gasteiger partial charge in [-0.25, -0.2) is 8.78 Å². The smallest absolute Gasteiger partial charge is 0.174 e. The van der Waals surface area contributed by atoms with E-state index in [1.165, 1.54) is 12.3 Å². The highest BCUT2D eigenvalue weighted by Gasteiger charge is 2.22. The Morgan fingerprint density at radius 2 is 1.95 bits per heavy atom. The molecule has 0 amide bonds. The molecule has 0 aliphatic heterocycles. The molecule has 2 aromatic rings. The third-order valence-corrected chi connectivity index (χ3v) is 3.97. The van der Waals surface area contributed by atoms with E-state index in [4.69, 9.17) is 4.42 Å². The van der Waals surface area contributed by atoms with E-state index < -0.39 is 17.7 Å². The van der Waals surface area contributed by atoms with Crippen molar-refractivity contribution in [3.63, 3.8) is 0 Å². The van der Waals surface area contributed by atoms with Gasteiger partial charge in [-0.05, 0) is 56.6 Å². The molecular weight excluding hydrogens is 384 g/mol. The molecule has 0 aliphatic rings. The van der Waals surface area contributed by atoms with Crippen molar-refractivity contribution in [2.45, 2.75) is 13.0 Å². The van der Waals surface area contributed by atoms with Gasteiger partial charge in [-0.2, -0.15) is 0 Å². The second-order valence-corrected chi connectivity index (χ2v) is 5.50. The summed E-state index contributed by atoms with van der Waals surface area (Å²) in [5.41, 5.74) is 0.965. The fraction of sp³-hybridized carbons (Fsp3) is 0.231. The van der Waals surface area contributed by atoms with E-state index in [1.807, 2.05) is 6.92 Å². The van der Waals surface area contributed by atoms with Crippen LogP contribution >= 0.6 is 31.9 Å². The summed E-state index contributed by atoms with van der Waals surface area (Å²) in [4.78, 5) is 0. The van der Waals surface area contributed by atoms with Crippen molar-refractivity contribution in [3.05, 3.63) is 56.4 Å². The van der Waals surface area contributed by atoms with Crippen LogP contribution in [0.3, 0.4) is 0 Å². The Labute approximate surface area is 126 Å². The maximum absolute atomic E-state index is 14.0. The quantitative estimate of drug-likeness (QED) is 0.754. The molecule has 2 rings (SSSR count). The van der Waals surface area contributed by atoms with Gasteiger partial charge in [-0.3, -0.25) is 0 Å². The van der Waals surface area contributed by atoms with Crippen LogP contribution in [0.4, 0.5) is 8.78 Å². The molecule has 6 heteroatoms. The summed E-state index contributed by atoms with van der Waals surface area (Å²) >= 11 is 6.23. The van der Waals surface area contributed by atoms with Crippen LogP contribution in [0.1, 0.15) is 24.1 Å². The molecule has 0 fully saturated rings. The molecule has 1 unspecified atom stereocenters. The molecule has 1 N–H and O–H groups in total. The van der Waals surface area contributed by atoms with E-state index in [2.05, 4.69) is 37.2 Å². The predicted octanol–water partition coefficient (Wildman–Crippen LogP) is 4.78. The summed E-state index contributed by atoms with van der Waals surface area (Å²) in [7, 11) is 0. The minimum atomic E-state index is -0.501. The maximum Gasteiger partial charge on any atom is 0.174 e. The first-order valence-electron chi connectivity index (χ1n) is 5.65. The van der Waals surface area contributed by atoms with Gasteiger partial charge in [0.15, 0.2) is 4.67 Å². The van der Waals surface area contributed by atoms with Crippen molar-refractivity contribution in [3.8, 4) is 0 Å². The second kappa shape index (κ2) is 6.15. The molecule has 2 nitrogen and oxygen atoms in total. The highest BCUT2D eigenvalue weighted by molar-refractivity contribution is 9.10. The maximum atomic E-state index is 14.0. The molecule has 102 valence electrons. The monoisotopic (exact) mass is 393 g/mol. The number of hydrogen-bond donors (Lipinski definition) is 1. The van der Waals surface area contributed by atoms with Crippen molar-refractivity contribution in [1.29, 1.82) is 0 Å². The summed E-state index contributed by atoms with van der Waals surface area (Å²) in [6.45, 7) is 2.51. The molecule has 1 aromatic carbocycles. The third kappa shape index (κ3) is 3.07. The lowest BCUT2D eigenvalue weighted by Crippen LogP contribution is -2.23. The van der Waals surface area contributed by atoms with E-state index in [-0.39, 0.29) is 10.0 Å². The molecule has 1 heterocycles. The highest BCUT2D eigenvalue weighted by Crippen LogP contribution is 2.32. The normalized spacial score (nSPS) is 12.7. The van der Waals surface area contributed by atoms with Crippen molar-refractivity contribution in [2.24, 2.45) is 0 Å². The Kier molecular flexibility index (Phi) is 4.76. The lowest BCUT2D eigenvalue weighted by Gasteiger charge is -2.18. The van der Waals surface area contributed by atoms with Gasteiger partial charge < -0.3 is 9.73 Å². The van der Waals surface area contributed by atoms with Crippen LogP contribution in [0.15, 0.2) is 38.0 Å². The first-order chi connectivity index (χ1) is 9.04. The van der Waals surface area contributed by atoms with E-state index in [1.54, 1.807) is 6.07 Å². The number of nitrogens with one attached hydrogen (secondary N) is 1. The molecule has 0 bridgehead atoms. The van der Waals surface area contributed by atoms with Crippen LogP contribution < -0.4 is 5.32 Å². The van der Waals surface area contributed by atoms with E-state index in [0.717, 1.165) is 11.6 Å². The van der Waals surface area contributed by atoms with Crippen LogP contribution in [0.25, 0.3) is 0 Å². The average Bonchev–Trinajstić information content (AvgIpc) is 2.77. The SMILES string of the molecule is CCNC(c1cc(F)c(Br)cc1F)c1ccoc1Br. The summed E-state index contributed by atoms with van der Waals surface area (Å²) in [5.74, 6) is -0.980. The lowest BCUT2D eigenvalue weighted by molar-refractivity contribution is 0.514. The van der Waals surface area contributed by atoms with Crippen LogP contribution in [0, 0.1) is 11.6 Å². The Hall–Kier alpha value is -0.720. The largest absolute Gasteiger partial charge is 0.457 e. The molecule has 0 aliphatic carbocycles. The highest BCUT2D eigenvalue weighted by atomic mass is 79.9. The van der Waals surface area contributed by atoms with Crippen LogP contribution in [0.5, 0.6) is 0 Å². The number of halogens is 4. The molecule has 0 saturated heterocycles. The first kappa shape index (κ1) is 14.7. The Morgan fingerprint density at radius 3 is 2.53 bits per heavy atom. The minimum Gasteiger partial charge on any atom is -0.457 e. The lowest BCUT2D eigenvalue weighted by atomic mass is 10.0. The zero-order valence-electron chi connectivity index (χ0n) is 10.0. The predicted molar refractivity (Wildman–Crippen MR) is 76.0 cm³/mol. The molecule has 0 saturated carbocycles. The van der Waals surface area contributed by atoms with Gasteiger partial charge >= 0.3 is 0 Å². The molecule has 1 atom stereocenters. The van der Waals surface area contributed by atoms with Crippen LogP contribution in [-0.4, -0.2) is 6.54 Å². The fourth-order valence-electron chi connectivity index (χ4n) is 1.86. The van der Waals surface area contributed by atoms with E-state index in [9.17, 15) is 8.78 Å². The van der Waals surface area contributed by atoms with E-state index >= 15 is 0 Å². The van der Waals surface area contributed by atoms with Crippen molar-refractivity contribution in [1.82, 2.24) is 5.32 Å². The second-order valence-electron chi connectivity index (χ2n) is 3.93. The fourth-order valence-corrected chi connectivity index (χ4v) is 2.65. The zero-order valence-corrected chi connectivity index (χ0v) is 13.2. The average molecular weight is 395 g/mol. The third-order valence-electron chi connectivity index (χ3n) is 2.72. The van der Waals surface area contributed by atoms with Crippen LogP contribution in [-0.2, 0) is 0 Å². The summed E-state index contributed by atoms with van der Waals surface area (Å²) in [6.07, 6.45) is 1.50. The Balaban J connectivity index is 2.51. The molecular formula is C13H11Br2F2NO. The van der Waals surface area contributed by atoms with Gasteiger partial charge in [0.2, 0.25) is 0 Å². The standard InChI is InChI=1S/C13H11Br2F2NO/c1-2-18-12(7-3-4-19-13(7)15)8-5-11(17)9(14)6-10(8)16/h3-6,12,18H,2H2,1H3. The number of benzene rings is 1. The first-order valence-corrected chi connectivity index (χ1v) is 7.24. The number of rotatable bonds is 4. The molecule has 19 heavy (non-hydrogen) atoms. The van der Waals surface area contributed by atoms with Gasteiger partial charge in [-0.15, -0.1) is 0 Å². The number of hydrogen-bond acceptors (Lipinski definition) is 2. The Morgan fingerprint density at radius 1 is 1.21 bits per heavy atom. The minimum absolute atomic E-state index is 0.107. The summed E-state index contributed by atoms with van der Waals surface area (Å²) in [6, 6.07) is 3.56. The van der Waals surface area contributed by atoms with Gasteiger partial charge in [0, 0.05) is 11.1 Å². The summed E-state index contributed by atoms with van der Waals surface area (Å²) in [5, 5.41) is 3.12. The topological polar surface area (TPSA) is 25.2 Å². The zero-order chi connectivity index (χ0) is 14.0. The van der Waals surface area contributed by atoms with Crippen molar-refractivity contribution < 1.29 is 13.2 Å². The molecule has 1 aromatic heterocycles. The molecule has 0 spiro atoms. The van der Waals surface area contributed by atoms with Crippen molar-refractivity contribution >= 4 is 31.9 Å². The van der Waals surface area contributed by atoms with Gasteiger partial charge in [-0.1, -0.05) is 6.92 Å². The van der Waals surface area contributed by atoms with Crippen LogP contribution in [0.2, 0.25) is 0 Å². The number of furan rings is 1. The van der Waals surface area contributed by atoms with Crippen molar-refractivity contribution in [2.75, 3.05) is 6.54 Å². The van der Waals surface area contributed by atoms with Gasteiger partial charge in [0.25, 0.3) is 0 Å². The van der Waals surface area contributed by atoms with E-state index in [0.29, 0.717) is 11.2 Å². The Bertz CT molecular complexity index is 586. The summed E-state index contributed by atoms with van der Waals surface area (Å²) < 4.78 is 33.4. The van der Waals surface area contributed by atoms with Gasteiger partial charge in [0.05, 0.1) is 16.8 Å². The van der Waals surface area contributed by atoms with Gasteiger partial charge in [0.1, 0.15) is 11.6 Å². The molecule has 0 radical (unpaired) electrons.